The number of fused-ring (bicyclic) bond motifs is 1. The van der Waals surface area contributed by atoms with Gasteiger partial charge in [0.1, 0.15) is 0 Å². The van der Waals surface area contributed by atoms with Crippen LogP contribution in [0.1, 0.15) is 34.7 Å². The number of aromatic nitrogens is 4. The topological polar surface area (TPSA) is 115 Å². The van der Waals surface area contributed by atoms with E-state index in [9.17, 15) is 26.4 Å². The highest BCUT2D eigenvalue weighted by atomic mass is 32.2. The van der Waals surface area contributed by atoms with Crippen molar-refractivity contribution in [2.24, 2.45) is 0 Å². The molecule has 3 aromatic heterocycles. The van der Waals surface area contributed by atoms with Crippen LogP contribution in [0.4, 0.5) is 13.2 Å². The number of nitrogens with zero attached hydrogens (tertiary/aromatic N) is 4. The SMILES string of the molecule is O=C(NCc1cc2nc(-c3ccnc(C4(F)CC4)n3)ccc2cn1)c1cccc(S(=O)(=O)C(F)F)c1. The Morgan fingerprint density at radius 2 is 1.81 bits per heavy atom. The standard InChI is InChI=1S/C24H18F3N5O3S/c25-23(26)36(34,35)17-3-1-2-14(10-17)21(33)30-13-16-11-20-15(12-29-16)4-5-18(31-20)19-6-9-28-22(32-19)24(27)7-8-24/h1-6,9-12,23H,7-8,13H2,(H,30,33). The van der Waals surface area contributed by atoms with Crippen molar-refractivity contribution in [3.8, 4) is 11.4 Å². The zero-order chi connectivity index (χ0) is 25.5. The highest BCUT2D eigenvalue weighted by Crippen LogP contribution is 2.48. The summed E-state index contributed by atoms with van der Waals surface area (Å²) in [6, 6.07) is 11.3. The van der Waals surface area contributed by atoms with Crippen LogP contribution in [0, 0.1) is 0 Å². The quantitative estimate of drug-likeness (QED) is 0.398. The van der Waals surface area contributed by atoms with E-state index in [1.165, 1.54) is 18.3 Å². The number of carbonyl (C=O) groups excluding carboxylic acids is 1. The van der Waals surface area contributed by atoms with Gasteiger partial charge in [-0.05, 0) is 55.3 Å². The minimum atomic E-state index is -4.82. The van der Waals surface area contributed by atoms with E-state index in [2.05, 4.69) is 25.3 Å². The second kappa shape index (κ2) is 8.94. The minimum Gasteiger partial charge on any atom is -0.346 e. The molecule has 0 atom stereocenters. The Hall–Kier alpha value is -3.93. The lowest BCUT2D eigenvalue weighted by Gasteiger charge is -2.09. The van der Waals surface area contributed by atoms with Crippen molar-refractivity contribution in [1.82, 2.24) is 25.3 Å². The predicted molar refractivity (Wildman–Crippen MR) is 123 cm³/mol. The number of amides is 1. The molecule has 5 rings (SSSR count). The van der Waals surface area contributed by atoms with Gasteiger partial charge in [0.15, 0.2) is 11.5 Å². The molecule has 0 aliphatic heterocycles. The molecule has 0 saturated heterocycles. The smallest absolute Gasteiger partial charge is 0.341 e. The summed E-state index contributed by atoms with van der Waals surface area (Å²) >= 11 is 0. The number of hydrogen-bond acceptors (Lipinski definition) is 7. The van der Waals surface area contributed by atoms with E-state index < -0.39 is 32.1 Å². The first-order valence-corrected chi connectivity index (χ1v) is 12.4. The molecule has 1 aliphatic carbocycles. The van der Waals surface area contributed by atoms with Gasteiger partial charge in [0.25, 0.3) is 5.91 Å². The molecule has 4 aromatic rings. The maximum absolute atomic E-state index is 14.4. The lowest BCUT2D eigenvalue weighted by molar-refractivity contribution is 0.0950. The maximum atomic E-state index is 14.4. The van der Waals surface area contributed by atoms with Crippen molar-refractivity contribution in [2.75, 3.05) is 0 Å². The van der Waals surface area contributed by atoms with E-state index in [0.717, 1.165) is 17.5 Å². The van der Waals surface area contributed by atoms with Gasteiger partial charge in [0.05, 0.1) is 34.0 Å². The number of sulfone groups is 1. The van der Waals surface area contributed by atoms with Crippen LogP contribution in [0.3, 0.4) is 0 Å². The van der Waals surface area contributed by atoms with E-state index in [-0.39, 0.29) is 17.9 Å². The molecule has 0 unspecified atom stereocenters. The molecule has 8 nitrogen and oxygen atoms in total. The summed E-state index contributed by atoms with van der Waals surface area (Å²) in [6.45, 7) is -0.0193. The van der Waals surface area contributed by atoms with E-state index in [1.807, 2.05) is 0 Å². The Morgan fingerprint density at radius 3 is 2.56 bits per heavy atom. The second-order valence-corrected chi connectivity index (χ2v) is 10.2. The van der Waals surface area contributed by atoms with Gasteiger partial charge in [-0.2, -0.15) is 8.78 Å². The van der Waals surface area contributed by atoms with Crippen LogP contribution in [0.15, 0.2) is 65.8 Å². The molecule has 1 saturated carbocycles. The molecule has 1 amide bonds. The molecule has 12 heteroatoms. The Kier molecular flexibility index (Phi) is 5.91. The Balaban J connectivity index is 1.34. The number of benzene rings is 1. The number of halogens is 3. The molecular weight excluding hydrogens is 495 g/mol. The molecule has 1 aliphatic rings. The van der Waals surface area contributed by atoms with Gasteiger partial charge in [0.2, 0.25) is 9.84 Å². The van der Waals surface area contributed by atoms with Crippen LogP contribution in [-0.2, 0) is 22.1 Å². The third-order valence-electron chi connectivity index (χ3n) is 5.73. The fourth-order valence-corrected chi connectivity index (χ4v) is 4.30. The summed E-state index contributed by atoms with van der Waals surface area (Å²) in [6.07, 6.45) is 3.87. The van der Waals surface area contributed by atoms with Crippen LogP contribution < -0.4 is 5.32 Å². The van der Waals surface area contributed by atoms with Gasteiger partial charge >= 0.3 is 5.76 Å². The molecule has 0 bridgehead atoms. The van der Waals surface area contributed by atoms with Gasteiger partial charge in [-0.1, -0.05) is 6.07 Å². The molecule has 0 spiro atoms. The Labute approximate surface area is 203 Å². The molecule has 1 aromatic carbocycles. The number of carbonyl (C=O) groups is 1. The van der Waals surface area contributed by atoms with Crippen molar-refractivity contribution in [1.29, 1.82) is 0 Å². The van der Waals surface area contributed by atoms with Gasteiger partial charge in [-0.15, -0.1) is 0 Å². The van der Waals surface area contributed by atoms with Gasteiger partial charge in [-0.3, -0.25) is 9.78 Å². The third kappa shape index (κ3) is 4.63. The third-order valence-corrected chi connectivity index (χ3v) is 7.11. The summed E-state index contributed by atoms with van der Waals surface area (Å²) in [5.41, 5.74) is 0.480. The number of hydrogen-bond donors (Lipinski definition) is 1. The summed E-state index contributed by atoms with van der Waals surface area (Å²) in [5, 5.41) is 3.32. The van der Waals surface area contributed by atoms with Crippen LogP contribution in [0.25, 0.3) is 22.3 Å². The normalized spacial score (nSPS) is 14.7. The second-order valence-electron chi connectivity index (χ2n) is 8.31. The molecule has 0 radical (unpaired) electrons. The number of alkyl halides is 3. The van der Waals surface area contributed by atoms with Crippen LogP contribution >= 0.6 is 0 Å². The van der Waals surface area contributed by atoms with Gasteiger partial charge in [0, 0.05) is 23.3 Å². The molecular formula is C24H18F3N5O3S. The fourth-order valence-electron chi connectivity index (χ4n) is 3.54. The summed E-state index contributed by atoms with van der Waals surface area (Å²) < 4.78 is 63.4. The van der Waals surface area contributed by atoms with Crippen molar-refractivity contribution in [3.05, 3.63) is 78.0 Å². The first kappa shape index (κ1) is 23.8. The van der Waals surface area contributed by atoms with Crippen molar-refractivity contribution in [3.63, 3.8) is 0 Å². The predicted octanol–water partition coefficient (Wildman–Crippen LogP) is 3.97. The van der Waals surface area contributed by atoms with E-state index in [4.69, 9.17) is 0 Å². The number of rotatable bonds is 7. The van der Waals surface area contributed by atoms with Crippen LogP contribution in [0.5, 0.6) is 0 Å². The maximum Gasteiger partial charge on any atom is 0.341 e. The van der Waals surface area contributed by atoms with Crippen LogP contribution in [-0.4, -0.2) is 40.0 Å². The van der Waals surface area contributed by atoms with Crippen LogP contribution in [0.2, 0.25) is 0 Å². The largest absolute Gasteiger partial charge is 0.346 e. The first-order valence-electron chi connectivity index (χ1n) is 10.8. The van der Waals surface area contributed by atoms with Gasteiger partial charge in [-0.25, -0.2) is 27.8 Å². The van der Waals surface area contributed by atoms with E-state index >= 15 is 0 Å². The first-order chi connectivity index (χ1) is 17.2. The lowest BCUT2D eigenvalue weighted by atomic mass is 10.2. The van der Waals surface area contributed by atoms with Crippen molar-refractivity contribution < 1.29 is 26.4 Å². The Bertz CT molecular complexity index is 1590. The highest BCUT2D eigenvalue weighted by Gasteiger charge is 2.48. The van der Waals surface area contributed by atoms with E-state index in [0.29, 0.717) is 35.4 Å². The molecule has 1 fully saturated rings. The molecule has 1 N–H and O–H groups in total. The average molecular weight is 514 g/mol. The van der Waals surface area contributed by atoms with Crippen molar-refractivity contribution in [2.45, 2.75) is 35.7 Å². The Morgan fingerprint density at radius 1 is 1.03 bits per heavy atom. The molecule has 3 heterocycles. The van der Waals surface area contributed by atoms with Crippen molar-refractivity contribution >= 4 is 26.6 Å². The molecule has 184 valence electrons. The average Bonchev–Trinajstić information content (AvgIpc) is 3.65. The summed E-state index contributed by atoms with van der Waals surface area (Å²) in [4.78, 5) is 29.1. The highest BCUT2D eigenvalue weighted by molar-refractivity contribution is 7.91. The number of nitrogens with one attached hydrogen (secondary N) is 1. The molecule has 36 heavy (non-hydrogen) atoms. The zero-order valence-electron chi connectivity index (χ0n) is 18.5. The zero-order valence-corrected chi connectivity index (χ0v) is 19.3. The number of pyridine rings is 2. The summed E-state index contributed by atoms with van der Waals surface area (Å²) in [7, 11) is -4.82. The minimum absolute atomic E-state index is 0.0193. The lowest BCUT2D eigenvalue weighted by Crippen LogP contribution is -2.23. The fraction of sp³-hybridized carbons (Fsp3) is 0.208. The summed E-state index contributed by atoms with van der Waals surface area (Å²) in [5.74, 6) is -4.10. The monoisotopic (exact) mass is 513 g/mol. The van der Waals surface area contributed by atoms with E-state index in [1.54, 1.807) is 30.5 Å². The van der Waals surface area contributed by atoms with Gasteiger partial charge < -0.3 is 5.32 Å².